The Morgan fingerprint density at radius 3 is 1.98 bits per heavy atom. The summed E-state index contributed by atoms with van der Waals surface area (Å²) >= 11 is 3.89. The van der Waals surface area contributed by atoms with Gasteiger partial charge in [0.2, 0.25) is 0 Å². The Hall–Kier alpha value is -4.32. The maximum atomic E-state index is 2.63. The van der Waals surface area contributed by atoms with E-state index in [0.29, 0.717) is 0 Å². The van der Waals surface area contributed by atoms with Crippen LogP contribution in [0.25, 0.3) is 55.0 Å². The molecular weight excluding hydrogens is 535 g/mol. The summed E-state index contributed by atoms with van der Waals surface area (Å²) in [4.78, 5) is 5.60. The second-order valence-corrected chi connectivity index (χ2v) is 13.4. The van der Waals surface area contributed by atoms with Crippen molar-refractivity contribution in [2.75, 3.05) is 0 Å². The molecule has 5 heteroatoms. The summed E-state index contributed by atoms with van der Waals surface area (Å²) < 4.78 is 5.06. The zero-order valence-electron chi connectivity index (χ0n) is 21.8. The van der Waals surface area contributed by atoms with Gasteiger partial charge < -0.3 is 9.13 Å². The third-order valence-electron chi connectivity index (χ3n) is 9.36. The number of rotatable bonds is 1. The molecule has 41 heavy (non-hydrogen) atoms. The first kappa shape index (κ1) is 21.4. The summed E-state index contributed by atoms with van der Waals surface area (Å²) in [5, 5.41) is 5.32. The molecule has 0 fully saturated rings. The SMILES string of the molecule is c1ccc(-n2c3ccccc3c3c2ccc2c4ccc5c6c4n(c23)-c2cccc3c2B6c2c(cccc2S5)S3)cc1. The predicted molar refractivity (Wildman–Crippen MR) is 174 cm³/mol. The molecule has 3 aliphatic rings. The summed E-state index contributed by atoms with van der Waals surface area (Å²) in [5.41, 5.74) is 12.2. The zero-order chi connectivity index (χ0) is 26.4. The molecule has 2 aromatic heterocycles. The van der Waals surface area contributed by atoms with Gasteiger partial charge in [0.1, 0.15) is 0 Å². The molecule has 0 atom stereocenters. The third kappa shape index (κ3) is 2.45. The van der Waals surface area contributed by atoms with Crippen LogP contribution in [0, 0.1) is 0 Å². The van der Waals surface area contributed by atoms with Gasteiger partial charge >= 0.3 is 0 Å². The van der Waals surface area contributed by atoms with Crippen LogP contribution in [0.15, 0.2) is 135 Å². The Labute approximate surface area is 244 Å². The van der Waals surface area contributed by atoms with E-state index >= 15 is 0 Å². The van der Waals surface area contributed by atoms with Gasteiger partial charge in [0.15, 0.2) is 0 Å². The molecule has 5 heterocycles. The lowest BCUT2D eigenvalue weighted by atomic mass is 9.35. The Morgan fingerprint density at radius 2 is 1.12 bits per heavy atom. The number of fused-ring (bicyclic) bond motifs is 8. The molecule has 0 spiro atoms. The average Bonchev–Trinajstić information content (AvgIpc) is 3.54. The van der Waals surface area contributed by atoms with Crippen LogP contribution < -0.4 is 16.4 Å². The summed E-state index contributed by atoms with van der Waals surface area (Å²) in [6.45, 7) is 0.284. The van der Waals surface area contributed by atoms with Crippen molar-refractivity contribution in [3.63, 3.8) is 0 Å². The fourth-order valence-electron chi connectivity index (χ4n) is 7.88. The zero-order valence-corrected chi connectivity index (χ0v) is 23.4. The van der Waals surface area contributed by atoms with E-state index in [1.54, 1.807) is 0 Å². The fraction of sp³-hybridized carbons (Fsp3) is 0. The molecule has 188 valence electrons. The van der Waals surface area contributed by atoms with E-state index in [-0.39, 0.29) is 6.71 Å². The van der Waals surface area contributed by atoms with Crippen molar-refractivity contribution in [2.45, 2.75) is 19.6 Å². The van der Waals surface area contributed by atoms with Crippen molar-refractivity contribution in [1.29, 1.82) is 0 Å². The van der Waals surface area contributed by atoms with Gasteiger partial charge in [-0.2, -0.15) is 0 Å². The van der Waals surface area contributed by atoms with Crippen LogP contribution in [0.1, 0.15) is 0 Å². The number of hydrogen-bond donors (Lipinski definition) is 0. The van der Waals surface area contributed by atoms with E-state index in [1.807, 2.05) is 23.5 Å². The quantitative estimate of drug-likeness (QED) is 0.193. The molecule has 0 saturated heterocycles. The summed E-state index contributed by atoms with van der Waals surface area (Å²) in [6.07, 6.45) is 0. The van der Waals surface area contributed by atoms with E-state index in [4.69, 9.17) is 0 Å². The van der Waals surface area contributed by atoms with Gasteiger partial charge in [-0.05, 0) is 71.0 Å². The molecule has 8 aromatic rings. The highest BCUT2D eigenvalue weighted by Gasteiger charge is 2.44. The molecule has 0 aliphatic carbocycles. The molecule has 0 N–H and O–H groups in total. The van der Waals surface area contributed by atoms with Crippen LogP contribution in [0.2, 0.25) is 0 Å². The number of benzene rings is 6. The third-order valence-corrected chi connectivity index (χ3v) is 11.7. The maximum absolute atomic E-state index is 2.63. The minimum absolute atomic E-state index is 0.284. The Balaban J connectivity index is 1.40. The van der Waals surface area contributed by atoms with E-state index in [9.17, 15) is 0 Å². The topological polar surface area (TPSA) is 9.86 Å². The minimum atomic E-state index is 0.284. The van der Waals surface area contributed by atoms with Crippen LogP contribution in [0.4, 0.5) is 0 Å². The lowest BCUT2D eigenvalue weighted by Gasteiger charge is -2.37. The number of nitrogens with zero attached hydrogens (tertiary/aromatic N) is 2. The number of aromatic nitrogens is 2. The van der Waals surface area contributed by atoms with Gasteiger partial charge in [-0.3, -0.25) is 0 Å². The lowest BCUT2D eigenvalue weighted by Crippen LogP contribution is -2.61. The molecule has 0 saturated carbocycles. The molecule has 6 aromatic carbocycles. The molecule has 0 radical (unpaired) electrons. The van der Waals surface area contributed by atoms with Crippen molar-refractivity contribution in [2.24, 2.45) is 0 Å². The molecule has 0 amide bonds. The number of para-hydroxylation sites is 2. The van der Waals surface area contributed by atoms with Gasteiger partial charge in [-0.1, -0.05) is 84.2 Å². The Kier molecular flexibility index (Phi) is 3.82. The maximum Gasteiger partial charge on any atom is 0.252 e. The highest BCUT2D eigenvalue weighted by atomic mass is 32.2. The molecule has 0 unspecified atom stereocenters. The van der Waals surface area contributed by atoms with Crippen LogP contribution in [0.3, 0.4) is 0 Å². The highest BCUT2D eigenvalue weighted by Crippen LogP contribution is 2.47. The minimum Gasteiger partial charge on any atom is -0.309 e. The van der Waals surface area contributed by atoms with E-state index in [2.05, 4.69) is 124 Å². The van der Waals surface area contributed by atoms with E-state index < -0.39 is 0 Å². The normalized spacial score (nSPS) is 14.1. The van der Waals surface area contributed by atoms with Crippen LogP contribution in [-0.4, -0.2) is 15.8 Å². The highest BCUT2D eigenvalue weighted by molar-refractivity contribution is 8.01. The first-order chi connectivity index (χ1) is 20.4. The predicted octanol–water partition coefficient (Wildman–Crippen LogP) is 7.64. The van der Waals surface area contributed by atoms with E-state index in [0.717, 1.165) is 0 Å². The van der Waals surface area contributed by atoms with Crippen LogP contribution >= 0.6 is 23.5 Å². The monoisotopic (exact) mass is 554 g/mol. The fourth-order valence-corrected chi connectivity index (χ4v) is 10.3. The van der Waals surface area contributed by atoms with E-state index in [1.165, 1.54) is 91.0 Å². The van der Waals surface area contributed by atoms with Gasteiger partial charge in [-0.25, -0.2) is 0 Å². The average molecular weight is 555 g/mol. The van der Waals surface area contributed by atoms with Crippen LogP contribution in [-0.2, 0) is 0 Å². The van der Waals surface area contributed by atoms with Crippen molar-refractivity contribution < 1.29 is 0 Å². The molecular formula is C36H19BN2S2. The van der Waals surface area contributed by atoms with Gasteiger partial charge in [0.05, 0.1) is 22.1 Å². The summed E-state index contributed by atoms with van der Waals surface area (Å²) in [5.74, 6) is 0. The van der Waals surface area contributed by atoms with Gasteiger partial charge in [0, 0.05) is 52.5 Å². The molecule has 3 aliphatic heterocycles. The van der Waals surface area contributed by atoms with Gasteiger partial charge in [-0.15, -0.1) is 0 Å². The first-order valence-corrected chi connectivity index (χ1v) is 15.7. The Bertz CT molecular complexity index is 2470. The second-order valence-electron chi connectivity index (χ2n) is 11.2. The van der Waals surface area contributed by atoms with Crippen molar-refractivity contribution in [3.8, 4) is 11.4 Å². The van der Waals surface area contributed by atoms with Crippen molar-refractivity contribution in [3.05, 3.63) is 115 Å². The van der Waals surface area contributed by atoms with Crippen LogP contribution in [0.5, 0.6) is 0 Å². The summed E-state index contributed by atoms with van der Waals surface area (Å²) in [7, 11) is 0. The first-order valence-electron chi connectivity index (χ1n) is 14.1. The van der Waals surface area contributed by atoms with Gasteiger partial charge in [0.25, 0.3) is 6.71 Å². The largest absolute Gasteiger partial charge is 0.309 e. The Morgan fingerprint density at radius 1 is 0.439 bits per heavy atom. The molecule has 0 bridgehead atoms. The summed E-state index contributed by atoms with van der Waals surface area (Å²) in [6, 6.07) is 43.0. The lowest BCUT2D eigenvalue weighted by molar-refractivity contribution is 1.16. The molecule has 2 nitrogen and oxygen atoms in total. The molecule has 11 rings (SSSR count). The van der Waals surface area contributed by atoms with Crippen molar-refractivity contribution in [1.82, 2.24) is 9.13 Å². The number of hydrogen-bond acceptors (Lipinski definition) is 2. The smallest absolute Gasteiger partial charge is 0.252 e. The second kappa shape index (κ2) is 7.30. The standard InChI is InChI=1S/C36H19BN2S2/c1-2-8-20(9-3-1)38-24-11-5-4-10-23(24)31-25(38)18-16-21-22-17-19-30-34-36(22)39(35(21)31)26-12-6-13-27-32(26)37(34)33-28(40-27)14-7-15-29(33)41-30/h1-19H. The van der Waals surface area contributed by atoms with Crippen molar-refractivity contribution >= 4 is 90.2 Å².